The summed E-state index contributed by atoms with van der Waals surface area (Å²) in [5.74, 6) is -0.270. The predicted molar refractivity (Wildman–Crippen MR) is 81.4 cm³/mol. The molecule has 1 amide bonds. The largest absolute Gasteiger partial charge is 0.369 e. The smallest absolute Gasteiger partial charge is 0.276 e. The zero-order chi connectivity index (χ0) is 16.5. The standard InChI is InChI=1S/C15H19N3O4/c1-10(2)8-15(20)9-11(3)16-17(15)14(19)12-4-6-13(7-5-12)18(21)22/h4-7,10,20H,8-9H2,1-3H3. The van der Waals surface area contributed by atoms with E-state index in [1.54, 1.807) is 6.92 Å². The van der Waals surface area contributed by atoms with Gasteiger partial charge in [0.25, 0.3) is 11.6 Å². The molecule has 1 unspecified atom stereocenters. The van der Waals surface area contributed by atoms with Crippen molar-refractivity contribution in [3.8, 4) is 0 Å². The number of carbonyl (C=O) groups excluding carboxylic acids is 1. The minimum atomic E-state index is -1.34. The Morgan fingerprint density at radius 3 is 2.55 bits per heavy atom. The number of benzene rings is 1. The van der Waals surface area contributed by atoms with Crippen molar-refractivity contribution in [3.63, 3.8) is 0 Å². The predicted octanol–water partition coefficient (Wildman–Crippen LogP) is 2.55. The van der Waals surface area contributed by atoms with Crippen LogP contribution in [0.25, 0.3) is 0 Å². The van der Waals surface area contributed by atoms with E-state index in [1.165, 1.54) is 24.3 Å². The third kappa shape index (κ3) is 3.14. The van der Waals surface area contributed by atoms with E-state index in [0.717, 1.165) is 5.01 Å². The third-order valence-electron chi connectivity index (χ3n) is 3.46. The Balaban J connectivity index is 2.28. The molecule has 1 aromatic carbocycles. The summed E-state index contributed by atoms with van der Waals surface area (Å²) in [5.41, 5.74) is -0.489. The highest BCUT2D eigenvalue weighted by molar-refractivity contribution is 5.97. The van der Waals surface area contributed by atoms with E-state index in [9.17, 15) is 20.0 Å². The Morgan fingerprint density at radius 2 is 2.05 bits per heavy atom. The number of nitro groups is 1. The van der Waals surface area contributed by atoms with Crippen LogP contribution in [0.3, 0.4) is 0 Å². The quantitative estimate of drug-likeness (QED) is 0.683. The Bertz CT molecular complexity index is 624. The fourth-order valence-electron chi connectivity index (χ4n) is 2.68. The Labute approximate surface area is 128 Å². The average molecular weight is 305 g/mol. The van der Waals surface area contributed by atoms with Crippen molar-refractivity contribution in [2.45, 2.75) is 39.3 Å². The van der Waals surface area contributed by atoms with Crippen molar-refractivity contribution in [1.82, 2.24) is 5.01 Å². The second-order valence-corrected chi connectivity index (χ2v) is 6.01. The molecule has 1 heterocycles. The van der Waals surface area contributed by atoms with Gasteiger partial charge in [-0.2, -0.15) is 10.1 Å². The molecule has 0 aromatic heterocycles. The van der Waals surface area contributed by atoms with Crippen LogP contribution in [-0.2, 0) is 0 Å². The lowest BCUT2D eigenvalue weighted by atomic mass is 9.95. The summed E-state index contributed by atoms with van der Waals surface area (Å²) in [5, 5.41) is 26.6. The van der Waals surface area contributed by atoms with Gasteiger partial charge in [-0.05, 0) is 31.4 Å². The number of hydrogen-bond donors (Lipinski definition) is 1. The summed E-state index contributed by atoms with van der Waals surface area (Å²) in [4.78, 5) is 22.7. The van der Waals surface area contributed by atoms with E-state index in [-0.39, 0.29) is 17.2 Å². The maximum Gasteiger partial charge on any atom is 0.276 e. The van der Waals surface area contributed by atoms with Crippen molar-refractivity contribution < 1.29 is 14.8 Å². The van der Waals surface area contributed by atoms with Crippen molar-refractivity contribution in [2.24, 2.45) is 11.0 Å². The van der Waals surface area contributed by atoms with Crippen LogP contribution in [0.1, 0.15) is 44.0 Å². The first-order chi connectivity index (χ1) is 10.2. The van der Waals surface area contributed by atoms with Crippen molar-refractivity contribution in [3.05, 3.63) is 39.9 Å². The van der Waals surface area contributed by atoms with Gasteiger partial charge in [0.2, 0.25) is 0 Å². The molecular formula is C15H19N3O4. The first-order valence-corrected chi connectivity index (χ1v) is 7.08. The number of carbonyl (C=O) groups is 1. The summed E-state index contributed by atoms with van der Waals surface area (Å²) in [6, 6.07) is 5.28. The SMILES string of the molecule is CC1=NN(C(=O)c2ccc([N+](=O)[O-])cc2)C(O)(CC(C)C)C1. The van der Waals surface area contributed by atoms with E-state index < -0.39 is 16.6 Å². The van der Waals surface area contributed by atoms with Gasteiger partial charge in [0.05, 0.1) is 4.92 Å². The van der Waals surface area contributed by atoms with Crippen molar-refractivity contribution in [1.29, 1.82) is 0 Å². The zero-order valence-corrected chi connectivity index (χ0v) is 12.8. The van der Waals surface area contributed by atoms with E-state index in [0.29, 0.717) is 18.6 Å². The molecule has 1 N–H and O–H groups in total. The molecule has 0 saturated carbocycles. The number of aliphatic hydroxyl groups is 1. The third-order valence-corrected chi connectivity index (χ3v) is 3.46. The van der Waals surface area contributed by atoms with Crippen molar-refractivity contribution >= 4 is 17.3 Å². The second-order valence-electron chi connectivity index (χ2n) is 6.01. The van der Waals surface area contributed by atoms with Gasteiger partial charge in [-0.3, -0.25) is 14.9 Å². The topological polar surface area (TPSA) is 96.0 Å². The van der Waals surface area contributed by atoms with E-state index >= 15 is 0 Å². The molecule has 2 rings (SSSR count). The molecule has 0 bridgehead atoms. The molecule has 1 atom stereocenters. The molecule has 0 saturated heterocycles. The lowest BCUT2D eigenvalue weighted by Gasteiger charge is -2.32. The highest BCUT2D eigenvalue weighted by Crippen LogP contribution is 2.32. The van der Waals surface area contributed by atoms with Gasteiger partial charge in [-0.1, -0.05) is 13.8 Å². The number of nitrogens with zero attached hydrogens (tertiary/aromatic N) is 3. The van der Waals surface area contributed by atoms with Crippen molar-refractivity contribution in [2.75, 3.05) is 0 Å². The fraction of sp³-hybridized carbons (Fsp3) is 0.467. The Morgan fingerprint density at radius 1 is 1.45 bits per heavy atom. The molecule has 1 aliphatic rings. The highest BCUT2D eigenvalue weighted by atomic mass is 16.6. The van der Waals surface area contributed by atoms with Gasteiger partial charge in [0.1, 0.15) is 0 Å². The van der Waals surface area contributed by atoms with Gasteiger partial charge < -0.3 is 5.11 Å². The summed E-state index contributed by atoms with van der Waals surface area (Å²) >= 11 is 0. The molecular weight excluding hydrogens is 286 g/mol. The molecule has 0 aliphatic carbocycles. The highest BCUT2D eigenvalue weighted by Gasteiger charge is 2.43. The van der Waals surface area contributed by atoms with Crippen LogP contribution in [0.5, 0.6) is 0 Å². The minimum Gasteiger partial charge on any atom is -0.369 e. The van der Waals surface area contributed by atoms with Crippen LogP contribution < -0.4 is 0 Å². The molecule has 0 radical (unpaired) electrons. The molecule has 118 valence electrons. The molecule has 0 fully saturated rings. The molecule has 7 nitrogen and oxygen atoms in total. The van der Waals surface area contributed by atoms with Crippen LogP contribution in [0.4, 0.5) is 5.69 Å². The van der Waals surface area contributed by atoms with Gasteiger partial charge in [0.15, 0.2) is 5.72 Å². The van der Waals surface area contributed by atoms with Crippen LogP contribution >= 0.6 is 0 Å². The summed E-state index contributed by atoms with van der Waals surface area (Å²) in [7, 11) is 0. The summed E-state index contributed by atoms with van der Waals surface area (Å²) in [6.45, 7) is 5.68. The second kappa shape index (κ2) is 5.84. The number of amides is 1. The van der Waals surface area contributed by atoms with Crippen LogP contribution in [0.2, 0.25) is 0 Å². The maximum atomic E-state index is 12.6. The van der Waals surface area contributed by atoms with Crippen LogP contribution in [0, 0.1) is 16.0 Å². The molecule has 22 heavy (non-hydrogen) atoms. The Hall–Kier alpha value is -2.28. The van der Waals surface area contributed by atoms with Gasteiger partial charge in [0, 0.05) is 29.8 Å². The van der Waals surface area contributed by atoms with E-state index in [2.05, 4.69) is 5.10 Å². The lowest BCUT2D eigenvalue weighted by Crippen LogP contribution is -2.46. The first-order valence-electron chi connectivity index (χ1n) is 7.08. The van der Waals surface area contributed by atoms with Crippen LogP contribution in [-0.4, -0.2) is 32.4 Å². The lowest BCUT2D eigenvalue weighted by molar-refractivity contribution is -0.384. The zero-order valence-electron chi connectivity index (χ0n) is 12.8. The van der Waals surface area contributed by atoms with Gasteiger partial charge >= 0.3 is 0 Å². The molecule has 0 spiro atoms. The summed E-state index contributed by atoms with van der Waals surface area (Å²) < 4.78 is 0. The molecule has 7 heteroatoms. The van der Waals surface area contributed by atoms with Crippen LogP contribution in [0.15, 0.2) is 29.4 Å². The molecule has 1 aromatic rings. The monoisotopic (exact) mass is 305 g/mol. The number of nitro benzene ring substituents is 1. The van der Waals surface area contributed by atoms with Gasteiger partial charge in [-0.25, -0.2) is 0 Å². The summed E-state index contributed by atoms with van der Waals surface area (Å²) in [6.07, 6.45) is 0.719. The van der Waals surface area contributed by atoms with Gasteiger partial charge in [-0.15, -0.1) is 0 Å². The van der Waals surface area contributed by atoms with E-state index in [4.69, 9.17) is 0 Å². The average Bonchev–Trinajstić information content (AvgIpc) is 2.71. The molecule has 1 aliphatic heterocycles. The first kappa shape index (κ1) is 16.1. The minimum absolute atomic E-state index is 0.0879. The number of hydrazone groups is 1. The Kier molecular flexibility index (Phi) is 4.27. The van der Waals surface area contributed by atoms with E-state index in [1.807, 2.05) is 13.8 Å². The number of hydrogen-bond acceptors (Lipinski definition) is 5. The number of non-ortho nitro benzene ring substituents is 1. The maximum absolute atomic E-state index is 12.6. The fourth-order valence-corrected chi connectivity index (χ4v) is 2.68. The number of rotatable bonds is 4. The normalized spacial score (nSPS) is 21.1.